The third-order valence-corrected chi connectivity index (χ3v) is 5.39. The lowest BCUT2D eigenvalue weighted by atomic mass is 10.2. The molecule has 5 rings (SSSR count). The van der Waals surface area contributed by atoms with E-state index in [1.54, 1.807) is 18.3 Å². The van der Waals surface area contributed by atoms with Crippen molar-refractivity contribution in [1.29, 1.82) is 0 Å². The molecule has 0 radical (unpaired) electrons. The number of rotatable bonds is 5. The minimum Gasteiger partial charge on any atom is -0.454 e. The predicted octanol–water partition coefficient (Wildman–Crippen LogP) is 1.37. The molecule has 4 heterocycles. The van der Waals surface area contributed by atoms with Gasteiger partial charge < -0.3 is 28.7 Å². The van der Waals surface area contributed by atoms with Gasteiger partial charge in [0.15, 0.2) is 11.5 Å². The molecule has 11 nitrogen and oxygen atoms in total. The number of aromatic nitrogens is 3. The summed E-state index contributed by atoms with van der Waals surface area (Å²) in [5.41, 5.74) is 3.60. The Hall–Kier alpha value is -2.89. The highest BCUT2D eigenvalue weighted by molar-refractivity contribution is 6.33. The molecule has 2 aromatic rings. The molecule has 2 fully saturated rings. The van der Waals surface area contributed by atoms with Crippen LogP contribution in [-0.2, 0) is 9.47 Å². The highest BCUT2D eigenvalue weighted by atomic mass is 35.5. The Morgan fingerprint density at radius 1 is 0.871 bits per heavy atom. The van der Waals surface area contributed by atoms with E-state index < -0.39 is 0 Å². The maximum atomic E-state index is 6.31. The fourth-order valence-corrected chi connectivity index (χ4v) is 3.61. The number of fused-ring (bicyclic) bond motifs is 1. The van der Waals surface area contributed by atoms with Crippen LogP contribution in [0.15, 0.2) is 17.2 Å². The molecule has 2 saturated heterocycles. The fraction of sp³-hybridized carbons (Fsp3) is 0.474. The molecule has 0 aliphatic carbocycles. The standard InChI is InChI=1S/C19H22ClN7O4/c20-14-10-16-15(30-12-31-16)9-13(14)11-21-25-17-22-18(26-1-5-28-6-2-26)24-19(23-17)27-3-7-29-8-4-27/h9-11H,1-8,12H2,(H,22,23,24,25)/b21-11+. The molecule has 0 atom stereocenters. The molecule has 0 spiro atoms. The van der Waals surface area contributed by atoms with Gasteiger partial charge in [0.25, 0.3) is 0 Å². The van der Waals surface area contributed by atoms with Gasteiger partial charge in [-0.1, -0.05) is 11.6 Å². The molecule has 1 aromatic heterocycles. The Morgan fingerprint density at radius 3 is 2.06 bits per heavy atom. The van der Waals surface area contributed by atoms with Crippen molar-refractivity contribution in [3.8, 4) is 11.5 Å². The van der Waals surface area contributed by atoms with E-state index in [-0.39, 0.29) is 6.79 Å². The zero-order valence-electron chi connectivity index (χ0n) is 16.8. The van der Waals surface area contributed by atoms with Crippen LogP contribution in [0.3, 0.4) is 0 Å². The normalized spacial score (nSPS) is 18.6. The molecule has 0 amide bonds. The highest BCUT2D eigenvalue weighted by Gasteiger charge is 2.21. The van der Waals surface area contributed by atoms with Gasteiger partial charge in [-0.3, -0.25) is 0 Å². The number of benzene rings is 1. The molecule has 3 aliphatic heterocycles. The Balaban J connectivity index is 1.37. The maximum absolute atomic E-state index is 6.31. The summed E-state index contributed by atoms with van der Waals surface area (Å²) in [5, 5.41) is 4.78. The second-order valence-electron chi connectivity index (χ2n) is 7.05. The van der Waals surface area contributed by atoms with Crippen LogP contribution in [0.1, 0.15) is 5.56 Å². The van der Waals surface area contributed by atoms with Crippen LogP contribution in [-0.4, -0.2) is 80.6 Å². The number of anilines is 3. The maximum Gasteiger partial charge on any atom is 0.250 e. The van der Waals surface area contributed by atoms with Crippen molar-refractivity contribution in [1.82, 2.24) is 15.0 Å². The first-order chi connectivity index (χ1) is 15.3. The number of ether oxygens (including phenoxy) is 4. The zero-order valence-corrected chi connectivity index (χ0v) is 17.5. The number of nitrogens with one attached hydrogen (secondary N) is 1. The van der Waals surface area contributed by atoms with Crippen molar-refractivity contribution >= 4 is 35.7 Å². The van der Waals surface area contributed by atoms with E-state index in [0.29, 0.717) is 66.4 Å². The SMILES string of the molecule is Clc1cc2c(cc1/C=N/Nc1nc(N3CCOCC3)nc(N3CCOCC3)n1)OCO2. The Bertz CT molecular complexity index is 928. The average molecular weight is 448 g/mol. The van der Waals surface area contributed by atoms with E-state index in [1.807, 2.05) is 0 Å². The van der Waals surface area contributed by atoms with Crippen molar-refractivity contribution < 1.29 is 18.9 Å². The van der Waals surface area contributed by atoms with E-state index in [1.165, 1.54) is 0 Å². The lowest BCUT2D eigenvalue weighted by Crippen LogP contribution is -2.40. The van der Waals surface area contributed by atoms with Gasteiger partial charge in [-0.05, 0) is 6.07 Å². The number of hydrogen-bond acceptors (Lipinski definition) is 11. The van der Waals surface area contributed by atoms with Gasteiger partial charge in [0.1, 0.15) is 0 Å². The number of nitrogens with zero attached hydrogens (tertiary/aromatic N) is 6. The van der Waals surface area contributed by atoms with Crippen LogP contribution in [0.25, 0.3) is 0 Å². The Morgan fingerprint density at radius 2 is 1.45 bits per heavy atom. The van der Waals surface area contributed by atoms with Crippen LogP contribution in [0.2, 0.25) is 5.02 Å². The summed E-state index contributed by atoms with van der Waals surface area (Å²) in [7, 11) is 0. The first-order valence-electron chi connectivity index (χ1n) is 10.1. The molecule has 1 N–H and O–H groups in total. The third-order valence-electron chi connectivity index (χ3n) is 5.06. The summed E-state index contributed by atoms with van der Waals surface area (Å²) in [6.45, 7) is 5.65. The monoisotopic (exact) mass is 447 g/mol. The second kappa shape index (κ2) is 9.08. The molecule has 3 aliphatic rings. The molecule has 0 bridgehead atoms. The van der Waals surface area contributed by atoms with Gasteiger partial charge in [0.2, 0.25) is 24.6 Å². The minimum absolute atomic E-state index is 0.185. The van der Waals surface area contributed by atoms with E-state index in [4.69, 9.17) is 30.5 Å². The van der Waals surface area contributed by atoms with Crippen molar-refractivity contribution in [3.63, 3.8) is 0 Å². The summed E-state index contributed by atoms with van der Waals surface area (Å²) in [6, 6.07) is 3.49. The lowest BCUT2D eigenvalue weighted by Gasteiger charge is -2.30. The van der Waals surface area contributed by atoms with Crippen LogP contribution in [0.5, 0.6) is 11.5 Å². The van der Waals surface area contributed by atoms with E-state index >= 15 is 0 Å². The van der Waals surface area contributed by atoms with Crippen molar-refractivity contribution in [3.05, 3.63) is 22.7 Å². The van der Waals surface area contributed by atoms with Crippen LogP contribution >= 0.6 is 11.6 Å². The summed E-state index contributed by atoms with van der Waals surface area (Å²) < 4.78 is 21.6. The van der Waals surface area contributed by atoms with Gasteiger partial charge >= 0.3 is 0 Å². The summed E-state index contributed by atoms with van der Waals surface area (Å²) in [5.74, 6) is 2.80. The molecular formula is C19H22ClN7O4. The molecule has 0 saturated carbocycles. The van der Waals surface area contributed by atoms with Gasteiger partial charge in [0.05, 0.1) is 37.7 Å². The van der Waals surface area contributed by atoms with Crippen molar-refractivity contribution in [2.24, 2.45) is 5.10 Å². The van der Waals surface area contributed by atoms with E-state index in [0.717, 1.165) is 26.2 Å². The van der Waals surface area contributed by atoms with Crippen molar-refractivity contribution in [2.75, 3.05) is 74.6 Å². The number of morpholine rings is 2. The number of hydrazone groups is 1. The number of halogens is 1. The third kappa shape index (κ3) is 4.58. The van der Waals surface area contributed by atoms with Gasteiger partial charge in [0, 0.05) is 37.8 Å². The van der Waals surface area contributed by atoms with Gasteiger partial charge in [-0.15, -0.1) is 0 Å². The molecular weight excluding hydrogens is 426 g/mol. The number of hydrogen-bond donors (Lipinski definition) is 1. The topological polar surface area (TPSA) is 106 Å². The van der Waals surface area contributed by atoms with Crippen LogP contribution in [0.4, 0.5) is 17.8 Å². The summed E-state index contributed by atoms with van der Waals surface area (Å²) >= 11 is 6.31. The average Bonchev–Trinajstić information content (AvgIpc) is 3.27. The smallest absolute Gasteiger partial charge is 0.250 e. The first kappa shape index (κ1) is 20.0. The lowest BCUT2D eigenvalue weighted by molar-refractivity contribution is 0.121. The summed E-state index contributed by atoms with van der Waals surface area (Å²) in [4.78, 5) is 17.9. The second-order valence-corrected chi connectivity index (χ2v) is 7.46. The van der Waals surface area contributed by atoms with Crippen molar-refractivity contribution in [2.45, 2.75) is 0 Å². The molecule has 12 heteroatoms. The van der Waals surface area contributed by atoms with Crippen LogP contribution in [0, 0.1) is 0 Å². The molecule has 1 aromatic carbocycles. The fourth-order valence-electron chi connectivity index (χ4n) is 3.40. The Labute approximate surface area is 183 Å². The zero-order chi connectivity index (χ0) is 21.0. The molecule has 164 valence electrons. The highest BCUT2D eigenvalue weighted by Crippen LogP contribution is 2.36. The molecule has 31 heavy (non-hydrogen) atoms. The van der Waals surface area contributed by atoms with E-state index in [9.17, 15) is 0 Å². The predicted molar refractivity (Wildman–Crippen MR) is 115 cm³/mol. The Kier molecular flexibility index (Phi) is 5.87. The minimum atomic E-state index is 0.185. The summed E-state index contributed by atoms with van der Waals surface area (Å²) in [6.07, 6.45) is 1.59. The molecule has 0 unspecified atom stereocenters. The first-order valence-corrected chi connectivity index (χ1v) is 10.4. The van der Waals surface area contributed by atoms with Gasteiger partial charge in [-0.25, -0.2) is 5.43 Å². The van der Waals surface area contributed by atoms with E-state index in [2.05, 4.69) is 35.3 Å². The van der Waals surface area contributed by atoms with Crippen LogP contribution < -0.4 is 24.7 Å². The van der Waals surface area contributed by atoms with Gasteiger partial charge in [-0.2, -0.15) is 20.1 Å². The largest absolute Gasteiger partial charge is 0.454 e. The quantitative estimate of drug-likeness (QED) is 0.533.